The predicted octanol–water partition coefficient (Wildman–Crippen LogP) is 2.58. The second-order valence-electron chi connectivity index (χ2n) is 6.41. The Balaban J connectivity index is 2.08. The average Bonchev–Trinajstić information content (AvgIpc) is 2.48. The van der Waals surface area contributed by atoms with Gasteiger partial charge in [0, 0.05) is 24.7 Å². The molecular weight excluding hydrogens is 226 g/mol. The first-order chi connectivity index (χ1) is 8.30. The molecule has 0 radical (unpaired) electrons. The number of aliphatic hydroxyl groups is 1. The smallest absolute Gasteiger partial charge is 0.0687 e. The molecule has 1 fully saturated rings. The van der Waals surface area contributed by atoms with Crippen molar-refractivity contribution >= 4 is 0 Å². The summed E-state index contributed by atoms with van der Waals surface area (Å²) >= 11 is 0. The summed E-state index contributed by atoms with van der Waals surface area (Å²) in [5, 5.41) is 10.5. The fourth-order valence-electron chi connectivity index (χ4n) is 3.11. The van der Waals surface area contributed by atoms with Crippen molar-refractivity contribution in [2.75, 3.05) is 0 Å². The standard InChI is InChI=1S/C15H23NO2/c1-14(2)9-12(15(3,4)18-14)13(17)8-11-6-5-7-16-10-11/h5-7,10,12-13,17H,8-9H2,1-4H3. The normalized spacial score (nSPS) is 27.1. The number of pyridine rings is 1. The zero-order valence-corrected chi connectivity index (χ0v) is 11.7. The molecule has 2 unspecified atom stereocenters. The first-order valence-electron chi connectivity index (χ1n) is 6.57. The quantitative estimate of drug-likeness (QED) is 0.895. The third-order valence-electron chi connectivity index (χ3n) is 3.78. The summed E-state index contributed by atoms with van der Waals surface area (Å²) in [4.78, 5) is 4.09. The van der Waals surface area contributed by atoms with Gasteiger partial charge in [0.05, 0.1) is 17.3 Å². The average molecular weight is 249 g/mol. The van der Waals surface area contributed by atoms with Crippen molar-refractivity contribution in [3.05, 3.63) is 30.1 Å². The van der Waals surface area contributed by atoms with E-state index in [0.29, 0.717) is 6.42 Å². The molecule has 2 rings (SSSR count). The molecule has 1 N–H and O–H groups in total. The van der Waals surface area contributed by atoms with Crippen molar-refractivity contribution < 1.29 is 9.84 Å². The van der Waals surface area contributed by atoms with Gasteiger partial charge in [-0.3, -0.25) is 4.98 Å². The summed E-state index contributed by atoms with van der Waals surface area (Å²) < 4.78 is 6.03. The van der Waals surface area contributed by atoms with E-state index >= 15 is 0 Å². The van der Waals surface area contributed by atoms with Gasteiger partial charge in [-0.15, -0.1) is 0 Å². The number of rotatable bonds is 3. The maximum absolute atomic E-state index is 10.5. The molecule has 18 heavy (non-hydrogen) atoms. The van der Waals surface area contributed by atoms with Crippen LogP contribution in [0.4, 0.5) is 0 Å². The molecule has 0 amide bonds. The molecule has 0 aromatic carbocycles. The van der Waals surface area contributed by atoms with E-state index in [2.05, 4.69) is 32.7 Å². The fourth-order valence-corrected chi connectivity index (χ4v) is 3.11. The molecule has 3 heteroatoms. The minimum Gasteiger partial charge on any atom is -0.392 e. The monoisotopic (exact) mass is 249 g/mol. The molecular formula is C15H23NO2. The third-order valence-corrected chi connectivity index (χ3v) is 3.78. The number of aliphatic hydroxyl groups excluding tert-OH is 1. The van der Waals surface area contributed by atoms with Crippen molar-refractivity contribution in [3.63, 3.8) is 0 Å². The zero-order chi connectivity index (χ0) is 13.4. The van der Waals surface area contributed by atoms with Crippen LogP contribution in [-0.2, 0) is 11.2 Å². The van der Waals surface area contributed by atoms with Crippen LogP contribution in [0.25, 0.3) is 0 Å². The highest BCUT2D eigenvalue weighted by Gasteiger charge is 2.48. The van der Waals surface area contributed by atoms with Crippen LogP contribution < -0.4 is 0 Å². The summed E-state index contributed by atoms with van der Waals surface area (Å²) in [5.74, 6) is 0.160. The molecule has 0 bridgehead atoms. The Kier molecular flexibility index (Phi) is 3.47. The Bertz CT molecular complexity index is 400. The lowest BCUT2D eigenvalue weighted by atomic mass is 9.81. The van der Waals surface area contributed by atoms with E-state index in [0.717, 1.165) is 12.0 Å². The van der Waals surface area contributed by atoms with Crippen molar-refractivity contribution in [3.8, 4) is 0 Å². The first-order valence-corrected chi connectivity index (χ1v) is 6.57. The Hall–Kier alpha value is -0.930. The maximum Gasteiger partial charge on any atom is 0.0687 e. The number of hydrogen-bond donors (Lipinski definition) is 1. The number of nitrogens with zero attached hydrogens (tertiary/aromatic N) is 1. The van der Waals surface area contributed by atoms with E-state index < -0.39 is 0 Å². The fraction of sp³-hybridized carbons (Fsp3) is 0.667. The van der Waals surface area contributed by atoms with E-state index in [1.807, 2.05) is 18.3 Å². The van der Waals surface area contributed by atoms with E-state index in [9.17, 15) is 5.11 Å². The summed E-state index contributed by atoms with van der Waals surface area (Å²) in [5.41, 5.74) is 0.653. The molecule has 1 aliphatic heterocycles. The first kappa shape index (κ1) is 13.5. The van der Waals surface area contributed by atoms with Crippen molar-refractivity contribution in [2.24, 2.45) is 5.92 Å². The van der Waals surface area contributed by atoms with E-state index in [1.54, 1.807) is 6.20 Å². The molecule has 2 heterocycles. The van der Waals surface area contributed by atoms with Crippen molar-refractivity contribution in [2.45, 2.75) is 57.8 Å². The zero-order valence-electron chi connectivity index (χ0n) is 11.7. The lowest BCUT2D eigenvalue weighted by Gasteiger charge is -2.30. The summed E-state index contributed by atoms with van der Waals surface area (Å²) in [7, 11) is 0. The lowest BCUT2D eigenvalue weighted by Crippen LogP contribution is -2.37. The Morgan fingerprint density at radius 1 is 1.44 bits per heavy atom. The molecule has 0 saturated carbocycles. The summed E-state index contributed by atoms with van der Waals surface area (Å²) in [6.07, 6.45) is 4.72. The van der Waals surface area contributed by atoms with Gasteiger partial charge in [-0.2, -0.15) is 0 Å². The maximum atomic E-state index is 10.5. The van der Waals surface area contributed by atoms with E-state index in [-0.39, 0.29) is 23.2 Å². The molecule has 1 aliphatic rings. The highest BCUT2D eigenvalue weighted by Crippen LogP contribution is 2.44. The summed E-state index contributed by atoms with van der Waals surface area (Å²) in [6.45, 7) is 8.31. The van der Waals surface area contributed by atoms with Crippen LogP contribution in [-0.4, -0.2) is 27.4 Å². The number of hydrogen-bond acceptors (Lipinski definition) is 3. The second-order valence-corrected chi connectivity index (χ2v) is 6.41. The van der Waals surface area contributed by atoms with Gasteiger partial charge in [-0.1, -0.05) is 6.07 Å². The minimum atomic E-state index is -0.383. The van der Waals surface area contributed by atoms with Crippen LogP contribution >= 0.6 is 0 Å². The van der Waals surface area contributed by atoms with Gasteiger partial charge >= 0.3 is 0 Å². The van der Waals surface area contributed by atoms with Crippen LogP contribution in [0.5, 0.6) is 0 Å². The lowest BCUT2D eigenvalue weighted by molar-refractivity contribution is -0.0873. The van der Waals surface area contributed by atoms with Gasteiger partial charge in [-0.25, -0.2) is 0 Å². The van der Waals surface area contributed by atoms with Gasteiger partial charge in [0.2, 0.25) is 0 Å². The van der Waals surface area contributed by atoms with Crippen LogP contribution in [0.15, 0.2) is 24.5 Å². The van der Waals surface area contributed by atoms with E-state index in [4.69, 9.17) is 4.74 Å². The van der Waals surface area contributed by atoms with Crippen LogP contribution in [0, 0.1) is 5.92 Å². The van der Waals surface area contributed by atoms with Crippen LogP contribution in [0.1, 0.15) is 39.7 Å². The van der Waals surface area contributed by atoms with Gasteiger partial charge in [0.25, 0.3) is 0 Å². The Morgan fingerprint density at radius 2 is 2.17 bits per heavy atom. The second kappa shape index (κ2) is 4.63. The van der Waals surface area contributed by atoms with Gasteiger partial charge in [0.15, 0.2) is 0 Å². The van der Waals surface area contributed by atoms with Crippen LogP contribution in [0.2, 0.25) is 0 Å². The molecule has 1 aromatic heterocycles. The molecule has 0 spiro atoms. The largest absolute Gasteiger partial charge is 0.392 e. The Morgan fingerprint density at radius 3 is 2.67 bits per heavy atom. The topological polar surface area (TPSA) is 42.4 Å². The highest BCUT2D eigenvalue weighted by molar-refractivity contribution is 5.11. The van der Waals surface area contributed by atoms with Crippen LogP contribution in [0.3, 0.4) is 0 Å². The number of ether oxygens (including phenoxy) is 1. The van der Waals surface area contributed by atoms with Crippen molar-refractivity contribution in [1.29, 1.82) is 0 Å². The van der Waals surface area contributed by atoms with Crippen molar-refractivity contribution in [1.82, 2.24) is 4.98 Å². The van der Waals surface area contributed by atoms with Gasteiger partial charge < -0.3 is 9.84 Å². The number of aromatic nitrogens is 1. The molecule has 2 atom stereocenters. The third kappa shape index (κ3) is 2.90. The minimum absolute atomic E-state index is 0.149. The molecule has 100 valence electrons. The molecule has 3 nitrogen and oxygen atoms in total. The summed E-state index contributed by atoms with van der Waals surface area (Å²) in [6, 6.07) is 3.91. The molecule has 1 saturated heterocycles. The Labute approximate surface area is 109 Å². The SMILES string of the molecule is CC1(C)CC(C(O)Cc2cccnc2)C(C)(C)O1. The van der Waals surface area contributed by atoms with Gasteiger partial charge in [0.1, 0.15) is 0 Å². The highest BCUT2D eigenvalue weighted by atomic mass is 16.5. The predicted molar refractivity (Wildman–Crippen MR) is 71.3 cm³/mol. The van der Waals surface area contributed by atoms with E-state index in [1.165, 1.54) is 0 Å². The van der Waals surface area contributed by atoms with Gasteiger partial charge in [-0.05, 0) is 45.7 Å². The molecule has 0 aliphatic carbocycles. The molecule has 1 aromatic rings.